The molecule has 0 saturated heterocycles. The molecule has 1 rings (SSSR count). The minimum atomic E-state index is -0.744. The van der Waals surface area contributed by atoms with Gasteiger partial charge in [-0.2, -0.15) is 0 Å². The Morgan fingerprint density at radius 2 is 2.36 bits per heavy atom. The van der Waals surface area contributed by atoms with Gasteiger partial charge in [0.2, 0.25) is 0 Å². The van der Waals surface area contributed by atoms with Crippen molar-refractivity contribution >= 4 is 5.91 Å². The first-order valence-electron chi connectivity index (χ1n) is 3.59. The number of hydrogen-bond donors (Lipinski definition) is 1. The summed E-state index contributed by atoms with van der Waals surface area (Å²) in [6.07, 6.45) is 7.63. The first-order valence-corrected chi connectivity index (χ1v) is 3.59. The van der Waals surface area contributed by atoms with Crippen molar-refractivity contribution in [2.45, 2.75) is 18.9 Å². The highest BCUT2D eigenvalue weighted by Gasteiger charge is 2.13. The topological polar surface area (TPSA) is 66.9 Å². The van der Waals surface area contributed by atoms with Crippen molar-refractivity contribution in [1.29, 1.82) is 0 Å². The van der Waals surface area contributed by atoms with Gasteiger partial charge in [0.05, 0.1) is 0 Å². The van der Waals surface area contributed by atoms with E-state index in [2.05, 4.69) is 0 Å². The van der Waals surface area contributed by atoms with E-state index in [1.54, 1.807) is 0 Å². The maximum atomic E-state index is 10.5. The Balaban J connectivity index is 2.66. The third-order valence-electron chi connectivity index (χ3n) is 1.67. The van der Waals surface area contributed by atoms with Crippen LogP contribution in [0.4, 0.5) is 0 Å². The lowest BCUT2D eigenvalue weighted by Crippen LogP contribution is -2.32. The van der Waals surface area contributed by atoms with E-state index in [9.17, 15) is 4.79 Å². The largest absolute Gasteiger partial charge is 0.316 e. The van der Waals surface area contributed by atoms with Crippen LogP contribution in [0.15, 0.2) is 23.8 Å². The van der Waals surface area contributed by atoms with Gasteiger partial charge in [0, 0.05) is 0 Å². The van der Waals surface area contributed by atoms with Crippen LogP contribution in [0.3, 0.4) is 0 Å². The molecule has 1 aliphatic rings. The molecular formula is C8H11N2O. The van der Waals surface area contributed by atoms with Crippen LogP contribution in [0.5, 0.6) is 0 Å². The Labute approximate surface area is 65.8 Å². The minimum Gasteiger partial charge on any atom is -0.316 e. The van der Waals surface area contributed by atoms with E-state index in [0.29, 0.717) is 0 Å². The van der Waals surface area contributed by atoms with Crippen molar-refractivity contribution in [2.24, 2.45) is 5.73 Å². The second kappa shape index (κ2) is 3.34. The van der Waals surface area contributed by atoms with Crippen molar-refractivity contribution in [1.82, 2.24) is 5.73 Å². The van der Waals surface area contributed by atoms with Crippen molar-refractivity contribution in [3.8, 4) is 0 Å². The van der Waals surface area contributed by atoms with Gasteiger partial charge >= 0.3 is 0 Å². The number of nitrogens with one attached hydrogen (secondary N) is 1. The van der Waals surface area contributed by atoms with Crippen LogP contribution in [-0.4, -0.2) is 11.9 Å². The van der Waals surface area contributed by atoms with E-state index in [1.165, 1.54) is 0 Å². The minimum absolute atomic E-state index is 0.720. The fraction of sp³-hybridized carbons (Fsp3) is 0.375. The number of allylic oxidation sites excluding steroid dienone is 2. The number of carbonyl (C=O) groups is 1. The molecule has 0 saturated carbocycles. The summed E-state index contributed by atoms with van der Waals surface area (Å²) in [5.74, 6) is -0.720. The van der Waals surface area contributed by atoms with Gasteiger partial charge in [0.1, 0.15) is 6.04 Å². The summed E-state index contributed by atoms with van der Waals surface area (Å²) >= 11 is 0. The van der Waals surface area contributed by atoms with Gasteiger partial charge in [-0.25, -0.2) is 0 Å². The molecule has 1 atom stereocenters. The normalized spacial score (nSPS) is 19.2. The van der Waals surface area contributed by atoms with E-state index in [4.69, 9.17) is 11.5 Å². The Morgan fingerprint density at radius 3 is 2.82 bits per heavy atom. The van der Waals surface area contributed by atoms with E-state index in [-0.39, 0.29) is 0 Å². The summed E-state index contributed by atoms with van der Waals surface area (Å²) < 4.78 is 0. The van der Waals surface area contributed by atoms with Gasteiger partial charge in [-0.3, -0.25) is 10.5 Å². The lowest BCUT2D eigenvalue weighted by atomic mass is 10.0. The number of hydrogen-bond acceptors (Lipinski definition) is 2. The highest BCUT2D eigenvalue weighted by molar-refractivity contribution is 5.83. The first kappa shape index (κ1) is 8.01. The fourth-order valence-electron chi connectivity index (χ4n) is 1.02. The molecule has 0 aliphatic heterocycles. The van der Waals surface area contributed by atoms with E-state index in [0.717, 1.165) is 18.4 Å². The zero-order chi connectivity index (χ0) is 8.27. The molecule has 0 fully saturated rings. The molecule has 3 N–H and O–H groups in total. The first-order chi connectivity index (χ1) is 5.22. The lowest BCUT2D eigenvalue weighted by Gasteiger charge is -2.10. The monoisotopic (exact) mass is 151 g/mol. The molecule has 59 valence electrons. The third-order valence-corrected chi connectivity index (χ3v) is 1.67. The Kier molecular flexibility index (Phi) is 2.44. The molecule has 0 aromatic heterocycles. The summed E-state index contributed by atoms with van der Waals surface area (Å²) in [4.78, 5) is 10.5. The Hall–Kier alpha value is -1.09. The van der Waals surface area contributed by atoms with E-state index in [1.807, 2.05) is 18.2 Å². The van der Waals surface area contributed by atoms with Gasteiger partial charge in [-0.1, -0.05) is 18.2 Å². The molecule has 11 heavy (non-hydrogen) atoms. The molecule has 0 aromatic rings. The van der Waals surface area contributed by atoms with Crippen molar-refractivity contribution in [3.05, 3.63) is 23.8 Å². The molecule has 0 aromatic carbocycles. The average Bonchev–Trinajstić information content (AvgIpc) is 2.05. The summed E-state index contributed by atoms with van der Waals surface area (Å²) in [5, 5.41) is 0. The Bertz CT molecular complexity index is 218. The number of amides is 1. The predicted octanol–water partition coefficient (Wildman–Crippen LogP) is 0.400. The summed E-state index contributed by atoms with van der Waals surface area (Å²) in [7, 11) is 0. The molecule has 0 heterocycles. The molecule has 1 amide bonds. The van der Waals surface area contributed by atoms with Gasteiger partial charge in [0.25, 0.3) is 5.91 Å². The van der Waals surface area contributed by atoms with Crippen LogP contribution in [0.2, 0.25) is 0 Å². The average molecular weight is 151 g/mol. The van der Waals surface area contributed by atoms with Crippen LogP contribution in [0, 0.1) is 0 Å². The predicted molar refractivity (Wildman–Crippen MR) is 42.5 cm³/mol. The molecule has 1 radical (unpaired) electrons. The number of nitrogens with two attached hydrogens (primary N) is 1. The van der Waals surface area contributed by atoms with Gasteiger partial charge in [0.15, 0.2) is 0 Å². The van der Waals surface area contributed by atoms with Crippen LogP contribution in [-0.2, 0) is 4.79 Å². The SMILES string of the molecule is [NH]C(=O)C(N)C1=CCCC=C1. The van der Waals surface area contributed by atoms with Crippen LogP contribution in [0.1, 0.15) is 12.8 Å². The fourth-order valence-corrected chi connectivity index (χ4v) is 1.02. The maximum Gasteiger partial charge on any atom is 0.259 e. The standard InChI is InChI=1S/C8H11N2O/c9-7(8(10)11)6-4-2-1-3-5-6/h2,4-5,7,10H,1,3,9H2. The molecule has 3 nitrogen and oxygen atoms in total. The summed E-state index contributed by atoms with van der Waals surface area (Å²) in [5.41, 5.74) is 13.0. The molecule has 0 spiro atoms. The van der Waals surface area contributed by atoms with Crippen molar-refractivity contribution in [3.63, 3.8) is 0 Å². The number of carbonyl (C=O) groups excluding carboxylic acids is 1. The highest BCUT2D eigenvalue weighted by Crippen LogP contribution is 2.11. The number of rotatable bonds is 2. The molecular weight excluding hydrogens is 140 g/mol. The zero-order valence-corrected chi connectivity index (χ0v) is 6.21. The lowest BCUT2D eigenvalue weighted by molar-refractivity contribution is -0.119. The van der Waals surface area contributed by atoms with E-state index < -0.39 is 11.9 Å². The van der Waals surface area contributed by atoms with Gasteiger partial charge in [-0.15, -0.1) is 0 Å². The van der Waals surface area contributed by atoms with Crippen LogP contribution >= 0.6 is 0 Å². The van der Waals surface area contributed by atoms with Crippen LogP contribution in [0.25, 0.3) is 0 Å². The smallest absolute Gasteiger partial charge is 0.259 e. The molecule has 1 aliphatic carbocycles. The molecule has 0 bridgehead atoms. The highest BCUT2D eigenvalue weighted by atomic mass is 16.1. The third kappa shape index (κ3) is 1.91. The van der Waals surface area contributed by atoms with Crippen LogP contribution < -0.4 is 11.5 Å². The zero-order valence-electron chi connectivity index (χ0n) is 6.21. The second-order valence-electron chi connectivity index (χ2n) is 2.53. The second-order valence-corrected chi connectivity index (χ2v) is 2.53. The van der Waals surface area contributed by atoms with Crippen molar-refractivity contribution < 1.29 is 4.79 Å². The summed E-state index contributed by atoms with van der Waals surface area (Å²) in [6.45, 7) is 0. The van der Waals surface area contributed by atoms with E-state index >= 15 is 0 Å². The van der Waals surface area contributed by atoms with Gasteiger partial charge < -0.3 is 5.73 Å². The molecule has 1 unspecified atom stereocenters. The Morgan fingerprint density at radius 1 is 1.64 bits per heavy atom. The maximum absolute atomic E-state index is 10.5. The quantitative estimate of drug-likeness (QED) is 0.620. The summed E-state index contributed by atoms with van der Waals surface area (Å²) in [6, 6.07) is -0.744. The van der Waals surface area contributed by atoms with Gasteiger partial charge in [-0.05, 0) is 18.4 Å². The molecule has 3 heteroatoms. The van der Waals surface area contributed by atoms with Crippen molar-refractivity contribution in [2.75, 3.05) is 0 Å².